The quantitative estimate of drug-likeness (QED) is 0.742. The molecule has 0 saturated carbocycles. The van der Waals surface area contributed by atoms with Crippen LogP contribution in [0.15, 0.2) is 59.1 Å². The van der Waals surface area contributed by atoms with Gasteiger partial charge in [0.05, 0.1) is 11.8 Å². The number of ether oxygens (including phenoxy) is 1. The van der Waals surface area contributed by atoms with Crippen molar-refractivity contribution in [2.24, 2.45) is 0 Å². The predicted molar refractivity (Wildman–Crippen MR) is 92.1 cm³/mol. The van der Waals surface area contributed by atoms with Crippen LogP contribution in [-0.2, 0) is 0 Å². The second-order valence-electron chi connectivity index (χ2n) is 5.70. The van der Waals surface area contributed by atoms with Gasteiger partial charge in [0, 0.05) is 11.6 Å². The molecule has 0 aliphatic carbocycles. The summed E-state index contributed by atoms with van der Waals surface area (Å²) < 4.78 is 24.4. The van der Waals surface area contributed by atoms with E-state index in [0.717, 1.165) is 11.3 Å². The number of nitrogens with one attached hydrogen (secondary N) is 1. The normalized spacial score (nSPS) is 10.7. The van der Waals surface area contributed by atoms with Gasteiger partial charge in [0.15, 0.2) is 11.5 Å². The van der Waals surface area contributed by atoms with Crippen molar-refractivity contribution in [2.75, 3.05) is 5.32 Å². The zero-order chi connectivity index (χ0) is 17.8. The topological polar surface area (TPSA) is 64.4 Å². The van der Waals surface area contributed by atoms with Gasteiger partial charge in [0.2, 0.25) is 0 Å². The molecule has 0 bridgehead atoms. The molecule has 1 aromatic heterocycles. The van der Waals surface area contributed by atoms with Gasteiger partial charge in [0.25, 0.3) is 5.91 Å². The molecule has 0 unspecified atom stereocenters. The molecule has 0 spiro atoms. The molecule has 3 rings (SSSR count). The molecule has 1 N–H and O–H groups in total. The van der Waals surface area contributed by atoms with Crippen LogP contribution in [-0.4, -0.2) is 17.2 Å². The van der Waals surface area contributed by atoms with Crippen molar-refractivity contribution < 1.29 is 18.4 Å². The molecule has 5 nitrogen and oxygen atoms in total. The number of amides is 1. The van der Waals surface area contributed by atoms with Crippen molar-refractivity contribution in [1.29, 1.82) is 0 Å². The van der Waals surface area contributed by atoms with E-state index in [0.29, 0.717) is 5.76 Å². The molecule has 25 heavy (non-hydrogen) atoms. The summed E-state index contributed by atoms with van der Waals surface area (Å²) >= 11 is 0. The van der Waals surface area contributed by atoms with Crippen LogP contribution in [0.4, 0.5) is 10.1 Å². The lowest BCUT2D eigenvalue weighted by Crippen LogP contribution is -2.13. The van der Waals surface area contributed by atoms with Gasteiger partial charge in [-0.25, -0.2) is 4.39 Å². The number of rotatable bonds is 5. The monoisotopic (exact) mass is 340 g/mol. The minimum atomic E-state index is -0.542. The van der Waals surface area contributed by atoms with Crippen LogP contribution < -0.4 is 10.1 Å². The number of benzene rings is 2. The molecule has 3 aromatic rings. The molecule has 2 aromatic carbocycles. The molecule has 0 aliphatic heterocycles. The van der Waals surface area contributed by atoms with Gasteiger partial charge in [-0.15, -0.1) is 0 Å². The summed E-state index contributed by atoms with van der Waals surface area (Å²) in [6.07, 6.45) is 0.0878. The summed E-state index contributed by atoms with van der Waals surface area (Å²) in [6, 6.07) is 14.7. The van der Waals surface area contributed by atoms with E-state index in [1.807, 2.05) is 38.1 Å². The first-order valence-electron chi connectivity index (χ1n) is 7.82. The molecular formula is C19H17FN2O3. The van der Waals surface area contributed by atoms with Gasteiger partial charge in [-0.3, -0.25) is 4.79 Å². The Morgan fingerprint density at radius 1 is 1.16 bits per heavy atom. The average Bonchev–Trinajstić information content (AvgIpc) is 3.07. The Kier molecular flexibility index (Phi) is 4.79. The summed E-state index contributed by atoms with van der Waals surface area (Å²) in [4.78, 5) is 12.2. The van der Waals surface area contributed by atoms with Gasteiger partial charge >= 0.3 is 0 Å². The highest BCUT2D eigenvalue weighted by molar-refractivity contribution is 6.03. The van der Waals surface area contributed by atoms with Gasteiger partial charge in [-0.2, -0.15) is 0 Å². The van der Waals surface area contributed by atoms with Crippen molar-refractivity contribution >= 4 is 11.6 Å². The maximum atomic E-state index is 13.6. The molecule has 0 radical (unpaired) electrons. The molecular weight excluding hydrogens is 323 g/mol. The minimum Gasteiger partial charge on any atom is -0.491 e. The Labute approximate surface area is 144 Å². The van der Waals surface area contributed by atoms with Crippen LogP contribution in [0.25, 0.3) is 11.3 Å². The van der Waals surface area contributed by atoms with Crippen LogP contribution in [0.5, 0.6) is 5.75 Å². The number of nitrogens with zero attached hydrogens (tertiary/aromatic N) is 1. The Hall–Kier alpha value is -3.15. The summed E-state index contributed by atoms with van der Waals surface area (Å²) in [6.45, 7) is 3.90. The van der Waals surface area contributed by atoms with E-state index in [1.165, 1.54) is 18.2 Å². The van der Waals surface area contributed by atoms with Gasteiger partial charge < -0.3 is 14.6 Å². The zero-order valence-electron chi connectivity index (χ0n) is 13.8. The lowest BCUT2D eigenvalue weighted by atomic mass is 10.1. The number of carbonyl (C=O) groups is 1. The second kappa shape index (κ2) is 7.17. The highest BCUT2D eigenvalue weighted by Gasteiger charge is 2.15. The Bertz CT molecular complexity index is 872. The Balaban J connectivity index is 1.73. The first kappa shape index (κ1) is 16.7. The fourth-order valence-electron chi connectivity index (χ4n) is 2.24. The van der Waals surface area contributed by atoms with Crippen LogP contribution in [0.1, 0.15) is 24.3 Å². The first-order valence-corrected chi connectivity index (χ1v) is 7.82. The number of para-hydroxylation sites is 1. The van der Waals surface area contributed by atoms with E-state index in [2.05, 4.69) is 10.5 Å². The maximum absolute atomic E-state index is 13.6. The molecule has 0 atom stereocenters. The van der Waals surface area contributed by atoms with Crippen molar-refractivity contribution in [1.82, 2.24) is 5.16 Å². The first-order chi connectivity index (χ1) is 12.0. The number of hydrogen-bond acceptors (Lipinski definition) is 4. The van der Waals surface area contributed by atoms with E-state index < -0.39 is 11.7 Å². The standard InChI is InChI=1S/C19H17FN2O3/c1-12(2)24-14-9-7-13(8-10-14)18-11-17(22-25-18)19(23)21-16-6-4-3-5-15(16)20/h3-12H,1-2H3,(H,21,23). The lowest BCUT2D eigenvalue weighted by molar-refractivity contribution is 0.101. The average molecular weight is 340 g/mol. The van der Waals surface area contributed by atoms with Gasteiger partial charge in [-0.1, -0.05) is 17.3 Å². The van der Waals surface area contributed by atoms with Crippen molar-refractivity contribution in [2.45, 2.75) is 20.0 Å². The molecule has 0 saturated heterocycles. The highest BCUT2D eigenvalue weighted by Crippen LogP contribution is 2.24. The van der Waals surface area contributed by atoms with E-state index in [4.69, 9.17) is 9.26 Å². The summed E-state index contributed by atoms with van der Waals surface area (Å²) in [5.41, 5.74) is 0.918. The number of carbonyl (C=O) groups excluding carboxylic acids is 1. The molecule has 0 fully saturated rings. The zero-order valence-corrected chi connectivity index (χ0v) is 13.8. The van der Waals surface area contributed by atoms with Crippen LogP contribution >= 0.6 is 0 Å². The fourth-order valence-corrected chi connectivity index (χ4v) is 2.24. The number of aromatic nitrogens is 1. The molecule has 6 heteroatoms. The summed E-state index contributed by atoms with van der Waals surface area (Å²) in [5, 5.41) is 6.21. The van der Waals surface area contributed by atoms with E-state index in [1.54, 1.807) is 12.1 Å². The van der Waals surface area contributed by atoms with Crippen molar-refractivity contribution in [3.05, 3.63) is 66.1 Å². The van der Waals surface area contributed by atoms with E-state index in [9.17, 15) is 9.18 Å². The van der Waals surface area contributed by atoms with Crippen LogP contribution in [0.3, 0.4) is 0 Å². The number of hydrogen-bond donors (Lipinski definition) is 1. The second-order valence-corrected chi connectivity index (χ2v) is 5.70. The molecule has 0 aliphatic rings. The van der Waals surface area contributed by atoms with E-state index >= 15 is 0 Å². The van der Waals surface area contributed by atoms with Gasteiger partial charge in [0.1, 0.15) is 11.6 Å². The molecule has 128 valence electrons. The summed E-state index contributed by atoms with van der Waals surface area (Å²) in [7, 11) is 0. The lowest BCUT2D eigenvalue weighted by Gasteiger charge is -2.09. The fraction of sp³-hybridized carbons (Fsp3) is 0.158. The number of anilines is 1. The third-order valence-electron chi connectivity index (χ3n) is 3.38. The Morgan fingerprint density at radius 3 is 2.56 bits per heavy atom. The van der Waals surface area contributed by atoms with Gasteiger partial charge in [-0.05, 0) is 50.2 Å². The number of halogens is 1. The Morgan fingerprint density at radius 2 is 1.88 bits per heavy atom. The largest absolute Gasteiger partial charge is 0.491 e. The van der Waals surface area contributed by atoms with Crippen molar-refractivity contribution in [3.8, 4) is 17.1 Å². The minimum absolute atomic E-state index is 0.0701. The predicted octanol–water partition coefficient (Wildman–Crippen LogP) is 4.52. The smallest absolute Gasteiger partial charge is 0.277 e. The van der Waals surface area contributed by atoms with Crippen LogP contribution in [0, 0.1) is 5.82 Å². The molecule has 1 amide bonds. The third kappa shape index (κ3) is 4.03. The summed E-state index contributed by atoms with van der Waals surface area (Å²) in [5.74, 6) is 0.130. The van der Waals surface area contributed by atoms with Crippen LogP contribution in [0.2, 0.25) is 0 Å². The maximum Gasteiger partial charge on any atom is 0.277 e. The molecule has 1 heterocycles. The van der Waals surface area contributed by atoms with Crippen molar-refractivity contribution in [3.63, 3.8) is 0 Å². The van der Waals surface area contributed by atoms with E-state index in [-0.39, 0.29) is 17.5 Å². The third-order valence-corrected chi connectivity index (χ3v) is 3.38. The SMILES string of the molecule is CC(C)Oc1ccc(-c2cc(C(=O)Nc3ccccc3F)no2)cc1. The highest BCUT2D eigenvalue weighted by atomic mass is 19.1.